The maximum absolute atomic E-state index is 10.5. The summed E-state index contributed by atoms with van der Waals surface area (Å²) in [6.45, 7) is 10.7. The van der Waals surface area contributed by atoms with E-state index in [9.17, 15) is 8.42 Å². The fourth-order valence-corrected chi connectivity index (χ4v) is 2.45. The lowest BCUT2D eigenvalue weighted by Gasteiger charge is -2.35. The predicted molar refractivity (Wildman–Crippen MR) is 74.7 cm³/mol. The minimum Gasteiger partial charge on any atom is -0.726 e. The van der Waals surface area contributed by atoms with E-state index in [2.05, 4.69) is 20.8 Å². The Balaban J connectivity index is 0. The fourth-order valence-electron chi connectivity index (χ4n) is 1.88. The molecule has 0 radical (unpaired) electrons. The highest BCUT2D eigenvalue weighted by Gasteiger charge is 2.19. The molecule has 0 heterocycles. The first-order valence-corrected chi connectivity index (χ1v) is 9.35. The van der Waals surface area contributed by atoms with Crippen molar-refractivity contribution in [3.8, 4) is 0 Å². The second-order valence-corrected chi connectivity index (χ2v) is 6.86. The van der Waals surface area contributed by atoms with Crippen LogP contribution in [0.1, 0.15) is 33.6 Å². The molecule has 0 amide bonds. The van der Waals surface area contributed by atoms with Crippen LogP contribution in [0.4, 0.5) is 0 Å². The third-order valence-electron chi connectivity index (χ3n) is 3.30. The molecule has 0 fully saturated rings. The van der Waals surface area contributed by atoms with Crippen molar-refractivity contribution in [1.82, 2.24) is 0 Å². The second-order valence-electron chi connectivity index (χ2n) is 4.43. The van der Waals surface area contributed by atoms with Crippen molar-refractivity contribution in [2.45, 2.75) is 33.6 Å². The number of quaternary nitrogens is 1. The summed E-state index contributed by atoms with van der Waals surface area (Å²) < 4.78 is 63.5. The van der Waals surface area contributed by atoms with Crippen molar-refractivity contribution < 1.29 is 35.0 Å². The molecule has 0 spiro atoms. The van der Waals surface area contributed by atoms with Gasteiger partial charge in [-0.25, -0.2) is 8.42 Å². The number of nitrogens with zero attached hydrogens (tertiary/aromatic N) is 1. The minimum atomic E-state index is -4.92. The topological polar surface area (TPSA) is 132 Å². The summed E-state index contributed by atoms with van der Waals surface area (Å²) in [5.41, 5.74) is 0. The molecule has 0 saturated carbocycles. The Morgan fingerprint density at radius 1 is 0.900 bits per heavy atom. The molecule has 10 heteroatoms. The van der Waals surface area contributed by atoms with Gasteiger partial charge in [-0.05, 0) is 33.6 Å². The molecule has 0 bridgehead atoms. The zero-order valence-corrected chi connectivity index (χ0v) is 13.8. The van der Waals surface area contributed by atoms with Gasteiger partial charge >= 0.3 is 0 Å². The van der Waals surface area contributed by atoms with Gasteiger partial charge in [-0.1, -0.05) is 0 Å². The van der Waals surface area contributed by atoms with Crippen LogP contribution in [0.3, 0.4) is 0 Å². The molecule has 20 heavy (non-hydrogen) atoms. The van der Waals surface area contributed by atoms with Crippen molar-refractivity contribution >= 4 is 20.5 Å². The zero-order chi connectivity index (χ0) is 16.4. The monoisotopic (exact) mass is 335 g/mol. The maximum atomic E-state index is 10.5. The van der Waals surface area contributed by atoms with Gasteiger partial charge in [0.2, 0.25) is 10.4 Å². The first-order chi connectivity index (χ1) is 8.89. The van der Waals surface area contributed by atoms with Crippen LogP contribution in [-0.4, -0.2) is 66.9 Å². The highest BCUT2D eigenvalue weighted by molar-refractivity contribution is 7.85. The van der Waals surface area contributed by atoms with E-state index in [0.29, 0.717) is 6.42 Å². The molecule has 0 aromatic carbocycles. The molecule has 2 N–H and O–H groups in total. The average molecular weight is 335 g/mol. The molecule has 0 aliphatic carbocycles. The summed E-state index contributed by atoms with van der Waals surface area (Å²) in [5, 5.41) is 0. The van der Waals surface area contributed by atoms with E-state index >= 15 is 0 Å². The van der Waals surface area contributed by atoms with Gasteiger partial charge in [0.05, 0.1) is 31.9 Å². The molecule has 0 saturated heterocycles. The summed E-state index contributed by atoms with van der Waals surface area (Å²) in [6, 6.07) is 0. The van der Waals surface area contributed by atoms with Gasteiger partial charge in [0.1, 0.15) is 0 Å². The highest BCUT2D eigenvalue weighted by atomic mass is 32.3. The molecule has 0 aliphatic heterocycles. The van der Waals surface area contributed by atoms with E-state index in [0.717, 1.165) is 37.1 Å². The van der Waals surface area contributed by atoms with Crippen molar-refractivity contribution in [1.29, 1.82) is 0 Å². The van der Waals surface area contributed by atoms with Crippen LogP contribution in [0, 0.1) is 0 Å². The summed E-state index contributed by atoms with van der Waals surface area (Å²) >= 11 is 0. The molecule has 0 aromatic heterocycles. The summed E-state index contributed by atoms with van der Waals surface area (Å²) in [4.78, 5) is 0. The zero-order valence-electron chi connectivity index (χ0n) is 12.1. The Kier molecular flexibility index (Phi) is 10.6. The number of rotatable bonds is 8. The SMILES string of the molecule is CC[N+](CC)(CC)CCCCS(=O)(=O)O.O=S(=O)([O-])O. The van der Waals surface area contributed by atoms with Crippen LogP contribution in [0.25, 0.3) is 0 Å². The minimum absolute atomic E-state index is 0.107. The van der Waals surface area contributed by atoms with Crippen LogP contribution >= 0.6 is 0 Å². The van der Waals surface area contributed by atoms with E-state index < -0.39 is 20.5 Å². The van der Waals surface area contributed by atoms with Gasteiger partial charge in [-0.2, -0.15) is 8.42 Å². The molecule has 0 aliphatic rings. The Morgan fingerprint density at radius 2 is 1.25 bits per heavy atom. The van der Waals surface area contributed by atoms with Crippen LogP contribution in [0.15, 0.2) is 0 Å². The predicted octanol–water partition coefficient (Wildman–Crippen LogP) is 0.536. The molecular formula is C10H25NO7S2. The maximum Gasteiger partial charge on any atom is 0.264 e. The fraction of sp³-hybridized carbons (Fsp3) is 1.00. The molecule has 0 rings (SSSR count). The number of unbranched alkanes of at least 4 members (excludes halogenated alkanes) is 1. The normalized spacial score (nSPS) is 12.7. The lowest BCUT2D eigenvalue weighted by Crippen LogP contribution is -2.48. The van der Waals surface area contributed by atoms with Crippen LogP contribution in [0.5, 0.6) is 0 Å². The Morgan fingerprint density at radius 3 is 1.50 bits per heavy atom. The molecule has 0 aromatic rings. The van der Waals surface area contributed by atoms with Gasteiger partial charge < -0.3 is 9.04 Å². The molecule has 124 valence electrons. The Labute approximate surface area is 121 Å². The van der Waals surface area contributed by atoms with Crippen molar-refractivity contribution in [3.05, 3.63) is 0 Å². The lowest BCUT2D eigenvalue weighted by atomic mass is 10.2. The van der Waals surface area contributed by atoms with Crippen LogP contribution in [0.2, 0.25) is 0 Å². The van der Waals surface area contributed by atoms with Gasteiger partial charge in [0.25, 0.3) is 10.1 Å². The van der Waals surface area contributed by atoms with Crippen molar-refractivity contribution in [2.24, 2.45) is 0 Å². The van der Waals surface area contributed by atoms with Gasteiger partial charge in [-0.3, -0.25) is 9.11 Å². The van der Waals surface area contributed by atoms with Gasteiger partial charge in [0.15, 0.2) is 0 Å². The summed E-state index contributed by atoms with van der Waals surface area (Å²) in [5.74, 6) is -0.107. The standard InChI is InChI=1S/C10H23NO3S.H2O4S/c1-4-11(5-2,6-3)9-7-8-10-15(12,13)14;1-5(2,3)4/h4-10H2,1-3H3;(H2,1,2,3,4). The third kappa shape index (κ3) is 15.8. The van der Waals surface area contributed by atoms with Gasteiger partial charge in [-0.15, -0.1) is 0 Å². The molecule has 0 atom stereocenters. The number of hydrogen-bond acceptors (Lipinski definition) is 5. The first-order valence-electron chi connectivity index (χ1n) is 6.37. The quantitative estimate of drug-likeness (QED) is 0.286. The Hall–Kier alpha value is -0.260. The van der Waals surface area contributed by atoms with E-state index in [1.807, 2.05) is 0 Å². The van der Waals surface area contributed by atoms with Crippen LogP contribution in [-0.2, 0) is 20.5 Å². The summed E-state index contributed by atoms with van der Waals surface area (Å²) in [6.07, 6.45) is 1.41. The van der Waals surface area contributed by atoms with Crippen LogP contribution < -0.4 is 0 Å². The smallest absolute Gasteiger partial charge is 0.264 e. The average Bonchev–Trinajstić information content (AvgIpc) is 2.27. The first kappa shape index (κ1) is 22.0. The molecule has 0 unspecified atom stereocenters. The molecular weight excluding hydrogens is 310 g/mol. The Bertz CT molecular complexity index is 424. The van der Waals surface area contributed by atoms with Gasteiger partial charge in [0, 0.05) is 0 Å². The van der Waals surface area contributed by atoms with Crippen molar-refractivity contribution in [2.75, 3.05) is 31.9 Å². The van der Waals surface area contributed by atoms with E-state index in [-0.39, 0.29) is 5.75 Å². The summed E-state index contributed by atoms with van der Waals surface area (Å²) in [7, 11) is -8.69. The molecule has 8 nitrogen and oxygen atoms in total. The highest BCUT2D eigenvalue weighted by Crippen LogP contribution is 2.08. The van der Waals surface area contributed by atoms with E-state index in [4.69, 9.17) is 22.1 Å². The van der Waals surface area contributed by atoms with E-state index in [1.54, 1.807) is 0 Å². The number of hydrogen-bond donors (Lipinski definition) is 2. The van der Waals surface area contributed by atoms with E-state index in [1.165, 1.54) is 0 Å². The second kappa shape index (κ2) is 9.64. The third-order valence-corrected chi connectivity index (χ3v) is 4.10. The van der Waals surface area contributed by atoms with Crippen molar-refractivity contribution in [3.63, 3.8) is 0 Å². The largest absolute Gasteiger partial charge is 0.726 e. The lowest BCUT2D eigenvalue weighted by molar-refractivity contribution is -0.923.